The number of fused-ring (bicyclic) bond motifs is 1. The molecule has 0 fully saturated rings. The molecular weight excluding hydrogens is 244 g/mol. The maximum absolute atomic E-state index is 9.56. The van der Waals surface area contributed by atoms with Gasteiger partial charge in [-0.1, -0.05) is 28.1 Å². The second-order valence-corrected chi connectivity index (χ2v) is 3.96. The maximum Gasteiger partial charge on any atom is 0.141 e. The van der Waals surface area contributed by atoms with Crippen LogP contribution in [0.2, 0.25) is 0 Å². The van der Waals surface area contributed by atoms with Gasteiger partial charge in [0.2, 0.25) is 0 Å². The SMILES string of the molecule is NC(Br)c1ccc(O)c2ncccc12. The topological polar surface area (TPSA) is 59.1 Å². The van der Waals surface area contributed by atoms with Gasteiger partial charge in [0.15, 0.2) is 0 Å². The van der Waals surface area contributed by atoms with E-state index in [1.54, 1.807) is 18.3 Å². The number of phenolic OH excluding ortho intramolecular Hbond substituents is 1. The van der Waals surface area contributed by atoms with Crippen LogP contribution in [0.4, 0.5) is 0 Å². The zero-order valence-corrected chi connectivity index (χ0v) is 8.90. The lowest BCUT2D eigenvalue weighted by Crippen LogP contribution is -2.02. The third-order valence-electron chi connectivity index (χ3n) is 2.08. The summed E-state index contributed by atoms with van der Waals surface area (Å²) in [7, 11) is 0. The predicted octanol–water partition coefficient (Wildman–Crippen LogP) is 2.29. The number of phenols is 1. The van der Waals surface area contributed by atoms with E-state index in [1.165, 1.54) is 0 Å². The number of rotatable bonds is 1. The maximum atomic E-state index is 9.56. The van der Waals surface area contributed by atoms with Crippen molar-refractivity contribution < 1.29 is 5.11 Å². The van der Waals surface area contributed by atoms with Crippen molar-refractivity contribution in [2.24, 2.45) is 5.73 Å². The van der Waals surface area contributed by atoms with Crippen LogP contribution in [-0.4, -0.2) is 10.1 Å². The molecular formula is C10H9BrN2O. The van der Waals surface area contributed by atoms with Gasteiger partial charge in [-0.25, -0.2) is 0 Å². The summed E-state index contributed by atoms with van der Waals surface area (Å²) in [5.74, 6) is 0.178. The summed E-state index contributed by atoms with van der Waals surface area (Å²) in [6.07, 6.45) is 1.64. The first kappa shape index (κ1) is 9.43. The molecule has 0 spiro atoms. The first-order chi connectivity index (χ1) is 6.70. The Labute approximate surface area is 89.7 Å². The highest BCUT2D eigenvalue weighted by Gasteiger charge is 2.09. The van der Waals surface area contributed by atoms with E-state index in [2.05, 4.69) is 20.9 Å². The predicted molar refractivity (Wildman–Crippen MR) is 59.3 cm³/mol. The highest BCUT2D eigenvalue weighted by atomic mass is 79.9. The molecule has 0 radical (unpaired) electrons. The fraction of sp³-hybridized carbons (Fsp3) is 0.100. The van der Waals surface area contributed by atoms with E-state index in [1.807, 2.05) is 12.1 Å². The number of aromatic nitrogens is 1. The second-order valence-electron chi connectivity index (χ2n) is 2.98. The van der Waals surface area contributed by atoms with E-state index in [4.69, 9.17) is 5.73 Å². The molecule has 0 saturated heterocycles. The number of nitrogens with two attached hydrogens (primary N) is 1. The van der Waals surface area contributed by atoms with Crippen LogP contribution in [0.3, 0.4) is 0 Å². The van der Waals surface area contributed by atoms with Crippen LogP contribution in [0.25, 0.3) is 10.9 Å². The molecule has 0 bridgehead atoms. The van der Waals surface area contributed by atoms with Crippen LogP contribution in [0.5, 0.6) is 5.75 Å². The van der Waals surface area contributed by atoms with Gasteiger partial charge in [0.05, 0.1) is 4.95 Å². The van der Waals surface area contributed by atoms with E-state index < -0.39 is 0 Å². The van der Waals surface area contributed by atoms with Crippen molar-refractivity contribution in [3.05, 3.63) is 36.0 Å². The number of hydrogen-bond donors (Lipinski definition) is 2. The standard InChI is InChI=1S/C10H9BrN2O/c11-10(12)7-3-4-8(14)9-6(7)2-1-5-13-9/h1-5,10,14H,12H2. The largest absolute Gasteiger partial charge is 0.506 e. The first-order valence-corrected chi connectivity index (χ1v) is 5.08. The number of alkyl halides is 1. The van der Waals surface area contributed by atoms with Gasteiger partial charge in [0.1, 0.15) is 11.3 Å². The Morgan fingerprint density at radius 1 is 1.36 bits per heavy atom. The lowest BCUT2D eigenvalue weighted by atomic mass is 10.1. The molecule has 0 aliphatic heterocycles. The van der Waals surface area contributed by atoms with Crippen molar-refractivity contribution in [1.29, 1.82) is 0 Å². The molecule has 0 aliphatic carbocycles. The zero-order chi connectivity index (χ0) is 10.1. The Bertz CT molecular complexity index is 471. The average Bonchev–Trinajstić information content (AvgIpc) is 2.18. The molecule has 72 valence electrons. The average molecular weight is 253 g/mol. The van der Waals surface area contributed by atoms with Gasteiger partial charge in [-0.3, -0.25) is 4.98 Å². The minimum Gasteiger partial charge on any atom is -0.506 e. The van der Waals surface area contributed by atoms with Gasteiger partial charge >= 0.3 is 0 Å². The van der Waals surface area contributed by atoms with Crippen molar-refractivity contribution >= 4 is 26.8 Å². The van der Waals surface area contributed by atoms with E-state index in [0.717, 1.165) is 10.9 Å². The Kier molecular flexibility index (Phi) is 2.39. The summed E-state index contributed by atoms with van der Waals surface area (Å²) >= 11 is 3.30. The molecule has 2 rings (SSSR count). The van der Waals surface area contributed by atoms with Crippen LogP contribution in [0, 0.1) is 0 Å². The van der Waals surface area contributed by atoms with Crippen molar-refractivity contribution in [2.45, 2.75) is 4.95 Å². The van der Waals surface area contributed by atoms with E-state index in [9.17, 15) is 5.11 Å². The Balaban J connectivity index is 2.82. The minimum absolute atomic E-state index is 0.178. The highest BCUT2D eigenvalue weighted by Crippen LogP contribution is 2.30. The third kappa shape index (κ3) is 1.47. The third-order valence-corrected chi connectivity index (χ3v) is 2.57. The number of nitrogens with zero attached hydrogens (tertiary/aromatic N) is 1. The minimum atomic E-state index is -0.241. The van der Waals surface area contributed by atoms with Gasteiger partial charge in [0.25, 0.3) is 0 Å². The van der Waals surface area contributed by atoms with Crippen molar-refractivity contribution in [1.82, 2.24) is 4.98 Å². The summed E-state index contributed by atoms with van der Waals surface area (Å²) in [5, 5.41) is 10.4. The van der Waals surface area contributed by atoms with Crippen LogP contribution in [0.1, 0.15) is 10.5 Å². The quantitative estimate of drug-likeness (QED) is 0.605. The van der Waals surface area contributed by atoms with Gasteiger partial charge < -0.3 is 10.8 Å². The number of benzene rings is 1. The summed E-state index contributed by atoms with van der Waals surface area (Å²) in [5.41, 5.74) is 7.24. The summed E-state index contributed by atoms with van der Waals surface area (Å²) in [6.45, 7) is 0. The molecule has 3 nitrogen and oxygen atoms in total. The molecule has 4 heteroatoms. The fourth-order valence-electron chi connectivity index (χ4n) is 1.42. The lowest BCUT2D eigenvalue weighted by molar-refractivity contribution is 0.480. The molecule has 0 aliphatic rings. The Morgan fingerprint density at radius 3 is 2.86 bits per heavy atom. The highest BCUT2D eigenvalue weighted by molar-refractivity contribution is 9.09. The van der Waals surface area contributed by atoms with Gasteiger partial charge in [-0.05, 0) is 17.7 Å². The van der Waals surface area contributed by atoms with E-state index in [0.29, 0.717) is 5.52 Å². The van der Waals surface area contributed by atoms with Crippen LogP contribution in [0.15, 0.2) is 30.5 Å². The summed E-state index contributed by atoms with van der Waals surface area (Å²) in [4.78, 5) is 3.86. The first-order valence-electron chi connectivity index (χ1n) is 4.16. The number of aromatic hydroxyl groups is 1. The van der Waals surface area contributed by atoms with E-state index in [-0.39, 0.29) is 10.7 Å². The molecule has 0 saturated carbocycles. The van der Waals surface area contributed by atoms with Crippen molar-refractivity contribution in [3.63, 3.8) is 0 Å². The smallest absolute Gasteiger partial charge is 0.141 e. The van der Waals surface area contributed by atoms with Gasteiger partial charge in [-0.15, -0.1) is 0 Å². The summed E-state index contributed by atoms with van der Waals surface area (Å²) in [6, 6.07) is 7.10. The Morgan fingerprint density at radius 2 is 2.14 bits per heavy atom. The van der Waals surface area contributed by atoms with E-state index >= 15 is 0 Å². The number of pyridine rings is 1. The molecule has 1 heterocycles. The molecule has 0 amide bonds. The molecule has 1 aromatic carbocycles. The van der Waals surface area contributed by atoms with Gasteiger partial charge in [0, 0.05) is 11.6 Å². The molecule has 1 unspecified atom stereocenters. The molecule has 14 heavy (non-hydrogen) atoms. The lowest BCUT2D eigenvalue weighted by Gasteiger charge is -2.08. The van der Waals surface area contributed by atoms with Crippen molar-refractivity contribution in [3.8, 4) is 5.75 Å². The number of hydrogen-bond acceptors (Lipinski definition) is 3. The fourth-order valence-corrected chi connectivity index (χ4v) is 1.82. The monoisotopic (exact) mass is 252 g/mol. The summed E-state index contributed by atoms with van der Waals surface area (Å²) < 4.78 is 0. The second kappa shape index (κ2) is 3.55. The van der Waals surface area contributed by atoms with Crippen molar-refractivity contribution in [2.75, 3.05) is 0 Å². The normalized spacial score (nSPS) is 13.0. The van der Waals surface area contributed by atoms with Gasteiger partial charge in [-0.2, -0.15) is 0 Å². The zero-order valence-electron chi connectivity index (χ0n) is 7.31. The molecule has 2 aromatic rings. The van der Waals surface area contributed by atoms with Crippen LogP contribution in [-0.2, 0) is 0 Å². The number of halogens is 1. The van der Waals surface area contributed by atoms with Crippen LogP contribution >= 0.6 is 15.9 Å². The van der Waals surface area contributed by atoms with Crippen LogP contribution < -0.4 is 5.73 Å². The molecule has 3 N–H and O–H groups in total. The molecule has 1 aromatic heterocycles. The Hall–Kier alpha value is -1.13. The molecule has 1 atom stereocenters.